The summed E-state index contributed by atoms with van der Waals surface area (Å²) in [6.07, 6.45) is 1.92. The van der Waals surface area contributed by atoms with Gasteiger partial charge >= 0.3 is 18.0 Å². The standard InChI is InChI=1S/C15H23NO5/c1-15(2,3)21-14(19)16-6-4-10(5-7-16)11-8-12(17)20-13(18)9-11/h10-11H,4-9H2,1-3H3. The van der Waals surface area contributed by atoms with Gasteiger partial charge in [0.1, 0.15) is 5.60 Å². The first kappa shape index (κ1) is 15.8. The fraction of sp³-hybridized carbons (Fsp3) is 0.800. The molecule has 0 radical (unpaired) electrons. The number of carbonyl (C=O) groups is 3. The van der Waals surface area contributed by atoms with Crippen LogP contribution < -0.4 is 0 Å². The summed E-state index contributed by atoms with van der Waals surface area (Å²) in [6.45, 7) is 6.75. The number of rotatable bonds is 1. The third-order valence-electron chi connectivity index (χ3n) is 3.94. The first-order valence-electron chi connectivity index (χ1n) is 7.46. The number of likely N-dealkylation sites (tertiary alicyclic amines) is 1. The molecule has 21 heavy (non-hydrogen) atoms. The molecule has 0 bridgehead atoms. The van der Waals surface area contributed by atoms with Crippen LogP contribution >= 0.6 is 0 Å². The number of amides is 1. The van der Waals surface area contributed by atoms with Crippen molar-refractivity contribution in [3.63, 3.8) is 0 Å². The van der Waals surface area contributed by atoms with Crippen molar-refractivity contribution in [1.82, 2.24) is 4.90 Å². The minimum absolute atomic E-state index is 0.0551. The van der Waals surface area contributed by atoms with Gasteiger partial charge in [0.05, 0.1) is 0 Å². The Balaban J connectivity index is 1.84. The van der Waals surface area contributed by atoms with Crippen LogP contribution in [-0.2, 0) is 19.1 Å². The van der Waals surface area contributed by atoms with E-state index in [-0.39, 0.29) is 12.0 Å². The minimum atomic E-state index is -0.493. The molecular weight excluding hydrogens is 274 g/mol. The maximum atomic E-state index is 12.0. The maximum absolute atomic E-state index is 12.0. The number of cyclic esters (lactones) is 2. The molecule has 0 spiro atoms. The van der Waals surface area contributed by atoms with Crippen LogP contribution in [0.2, 0.25) is 0 Å². The van der Waals surface area contributed by atoms with Crippen LogP contribution in [0.3, 0.4) is 0 Å². The minimum Gasteiger partial charge on any atom is -0.444 e. The molecule has 2 rings (SSSR count). The summed E-state index contributed by atoms with van der Waals surface area (Å²) in [6, 6.07) is 0. The lowest BCUT2D eigenvalue weighted by Gasteiger charge is -2.37. The first-order valence-corrected chi connectivity index (χ1v) is 7.46. The zero-order chi connectivity index (χ0) is 15.6. The average molecular weight is 297 g/mol. The second-order valence-corrected chi connectivity index (χ2v) is 6.82. The monoisotopic (exact) mass is 297 g/mol. The van der Waals surface area contributed by atoms with Gasteiger partial charge in [-0.2, -0.15) is 0 Å². The van der Waals surface area contributed by atoms with Crippen molar-refractivity contribution >= 4 is 18.0 Å². The lowest BCUT2D eigenvalue weighted by atomic mass is 9.79. The van der Waals surface area contributed by atoms with E-state index in [1.54, 1.807) is 4.90 Å². The summed E-state index contributed by atoms with van der Waals surface area (Å²) < 4.78 is 9.91. The Labute approximate surface area is 124 Å². The smallest absolute Gasteiger partial charge is 0.410 e. The van der Waals surface area contributed by atoms with Crippen molar-refractivity contribution < 1.29 is 23.9 Å². The quantitative estimate of drug-likeness (QED) is 0.547. The zero-order valence-corrected chi connectivity index (χ0v) is 12.9. The van der Waals surface area contributed by atoms with E-state index in [9.17, 15) is 14.4 Å². The van der Waals surface area contributed by atoms with Gasteiger partial charge in [-0.3, -0.25) is 9.59 Å². The van der Waals surface area contributed by atoms with E-state index in [1.165, 1.54) is 0 Å². The van der Waals surface area contributed by atoms with Crippen LogP contribution in [0.25, 0.3) is 0 Å². The van der Waals surface area contributed by atoms with Crippen molar-refractivity contribution in [2.24, 2.45) is 11.8 Å². The van der Waals surface area contributed by atoms with E-state index in [2.05, 4.69) is 4.74 Å². The van der Waals surface area contributed by atoms with Crippen LogP contribution in [0.5, 0.6) is 0 Å². The Morgan fingerprint density at radius 1 is 1.10 bits per heavy atom. The summed E-state index contributed by atoms with van der Waals surface area (Å²) >= 11 is 0. The number of ether oxygens (including phenoxy) is 2. The van der Waals surface area contributed by atoms with E-state index in [0.29, 0.717) is 31.8 Å². The predicted molar refractivity (Wildman–Crippen MR) is 74.4 cm³/mol. The van der Waals surface area contributed by atoms with Crippen LogP contribution in [0.15, 0.2) is 0 Å². The molecular formula is C15H23NO5. The number of carbonyl (C=O) groups excluding carboxylic acids is 3. The Morgan fingerprint density at radius 3 is 2.10 bits per heavy atom. The third-order valence-corrected chi connectivity index (χ3v) is 3.94. The van der Waals surface area contributed by atoms with Gasteiger partial charge in [-0.05, 0) is 45.4 Å². The van der Waals surface area contributed by atoms with Gasteiger partial charge in [-0.25, -0.2) is 4.79 Å². The van der Waals surface area contributed by atoms with Crippen molar-refractivity contribution in [3.8, 4) is 0 Å². The molecule has 2 aliphatic heterocycles. The van der Waals surface area contributed by atoms with Crippen molar-refractivity contribution in [2.45, 2.75) is 52.1 Å². The number of hydrogen-bond acceptors (Lipinski definition) is 5. The number of esters is 2. The van der Waals surface area contributed by atoms with E-state index < -0.39 is 17.5 Å². The van der Waals surface area contributed by atoms with E-state index in [4.69, 9.17) is 4.74 Å². The molecule has 0 aromatic carbocycles. The SMILES string of the molecule is CC(C)(C)OC(=O)N1CCC(C2CC(=O)OC(=O)C2)CC1. The summed E-state index contributed by atoms with van der Waals surface area (Å²) in [4.78, 5) is 36.3. The molecule has 1 amide bonds. The van der Waals surface area contributed by atoms with Gasteiger partial charge in [0.25, 0.3) is 0 Å². The third kappa shape index (κ3) is 4.44. The fourth-order valence-corrected chi connectivity index (χ4v) is 2.92. The van der Waals surface area contributed by atoms with E-state index >= 15 is 0 Å². The molecule has 2 aliphatic rings. The fourth-order valence-electron chi connectivity index (χ4n) is 2.92. The number of piperidine rings is 1. The van der Waals surface area contributed by atoms with Crippen molar-refractivity contribution in [1.29, 1.82) is 0 Å². The number of nitrogens with zero attached hydrogens (tertiary/aromatic N) is 1. The van der Waals surface area contributed by atoms with Crippen molar-refractivity contribution in [3.05, 3.63) is 0 Å². The normalized spacial score (nSPS) is 22.1. The summed E-state index contributed by atoms with van der Waals surface area (Å²) in [7, 11) is 0. The number of hydrogen-bond donors (Lipinski definition) is 0. The van der Waals surface area contributed by atoms with Gasteiger partial charge in [0.2, 0.25) is 0 Å². The van der Waals surface area contributed by atoms with Crippen LogP contribution in [-0.4, -0.2) is 41.6 Å². The van der Waals surface area contributed by atoms with E-state index in [0.717, 1.165) is 12.8 Å². The molecule has 118 valence electrons. The topological polar surface area (TPSA) is 72.9 Å². The van der Waals surface area contributed by atoms with Gasteiger partial charge in [0, 0.05) is 25.9 Å². The van der Waals surface area contributed by atoms with Crippen LogP contribution in [0.4, 0.5) is 4.79 Å². The highest BCUT2D eigenvalue weighted by atomic mass is 16.6. The molecule has 2 saturated heterocycles. The first-order chi connectivity index (χ1) is 9.74. The van der Waals surface area contributed by atoms with Crippen LogP contribution in [0, 0.1) is 11.8 Å². The molecule has 0 N–H and O–H groups in total. The lowest BCUT2D eigenvalue weighted by molar-refractivity contribution is -0.166. The molecule has 2 heterocycles. The van der Waals surface area contributed by atoms with Crippen LogP contribution in [0.1, 0.15) is 46.5 Å². The second kappa shape index (κ2) is 6.03. The second-order valence-electron chi connectivity index (χ2n) is 6.82. The summed E-state index contributed by atoms with van der Waals surface area (Å²) in [5.41, 5.74) is -0.493. The Bertz CT molecular complexity index is 416. The largest absolute Gasteiger partial charge is 0.444 e. The molecule has 0 aromatic rings. The lowest BCUT2D eigenvalue weighted by Crippen LogP contribution is -2.43. The molecule has 2 fully saturated rings. The molecule has 0 atom stereocenters. The average Bonchev–Trinajstić information content (AvgIpc) is 2.35. The highest BCUT2D eigenvalue weighted by Crippen LogP contribution is 2.33. The molecule has 0 unspecified atom stereocenters. The van der Waals surface area contributed by atoms with E-state index in [1.807, 2.05) is 20.8 Å². The van der Waals surface area contributed by atoms with Gasteiger partial charge in [-0.15, -0.1) is 0 Å². The Kier molecular flexibility index (Phi) is 4.54. The molecule has 0 saturated carbocycles. The molecule has 0 aliphatic carbocycles. The predicted octanol–water partition coefficient (Wildman–Crippen LogP) is 2.11. The maximum Gasteiger partial charge on any atom is 0.410 e. The Hall–Kier alpha value is -1.59. The molecule has 0 aromatic heterocycles. The van der Waals surface area contributed by atoms with Gasteiger partial charge in [0.15, 0.2) is 0 Å². The summed E-state index contributed by atoms with van der Waals surface area (Å²) in [5.74, 6) is -0.503. The van der Waals surface area contributed by atoms with Crippen molar-refractivity contribution in [2.75, 3.05) is 13.1 Å². The molecule has 6 nitrogen and oxygen atoms in total. The molecule has 6 heteroatoms. The van der Waals surface area contributed by atoms with Gasteiger partial charge in [-0.1, -0.05) is 0 Å². The Morgan fingerprint density at radius 2 is 1.62 bits per heavy atom. The highest BCUT2D eigenvalue weighted by molar-refractivity contribution is 5.88. The zero-order valence-electron chi connectivity index (χ0n) is 12.9. The highest BCUT2D eigenvalue weighted by Gasteiger charge is 2.36. The summed E-state index contributed by atoms with van der Waals surface area (Å²) in [5, 5.41) is 0. The van der Waals surface area contributed by atoms with Gasteiger partial charge < -0.3 is 14.4 Å².